The van der Waals surface area contributed by atoms with Crippen molar-refractivity contribution < 1.29 is 39.3 Å². The molecule has 4 atom stereocenters. The summed E-state index contributed by atoms with van der Waals surface area (Å²) in [6, 6.07) is 3.36. The Kier molecular flexibility index (Phi) is 10.1. The van der Waals surface area contributed by atoms with Crippen molar-refractivity contribution in [1.29, 1.82) is 0 Å². The third-order valence-corrected chi connectivity index (χ3v) is 4.19. The van der Waals surface area contributed by atoms with Crippen molar-refractivity contribution in [2.45, 2.75) is 43.9 Å². The second-order valence-electron chi connectivity index (χ2n) is 6.77. The molecule has 8 N–H and O–H groups in total. The zero-order valence-corrected chi connectivity index (χ0v) is 16.8. The molecule has 0 fully saturated rings. The Morgan fingerprint density at radius 2 is 1.45 bits per heavy atom. The maximum Gasteiger partial charge on any atom is 0.325 e. The molecule has 0 aliphatic carbocycles. The molecule has 4 unspecified atom stereocenters. The third kappa shape index (κ3) is 8.80. The van der Waals surface area contributed by atoms with Gasteiger partial charge in [-0.15, -0.1) is 0 Å². The number of aliphatic carboxylic acids is 2. The molecule has 31 heavy (non-hydrogen) atoms. The molecule has 0 radical (unpaired) electrons. The molecule has 0 aliphatic heterocycles. The van der Waals surface area contributed by atoms with Crippen molar-refractivity contribution in [3.63, 3.8) is 0 Å². The number of carbonyl (C=O) groups excluding carboxylic acids is 3. The topological polar surface area (TPSA) is 208 Å². The molecular weight excluding hydrogens is 412 g/mol. The highest BCUT2D eigenvalue weighted by Gasteiger charge is 2.30. The van der Waals surface area contributed by atoms with Gasteiger partial charge in [-0.3, -0.25) is 24.0 Å². The Labute approximate surface area is 177 Å². The van der Waals surface area contributed by atoms with Gasteiger partial charge >= 0.3 is 11.9 Å². The van der Waals surface area contributed by atoms with E-state index in [1.165, 1.54) is 0 Å². The van der Waals surface area contributed by atoms with Gasteiger partial charge in [-0.05, 0) is 18.9 Å². The van der Waals surface area contributed by atoms with Gasteiger partial charge in [0.15, 0.2) is 0 Å². The molecule has 0 saturated heterocycles. The minimum atomic E-state index is -1.63. The molecule has 1 aromatic carbocycles. The van der Waals surface area contributed by atoms with Gasteiger partial charge in [0.2, 0.25) is 17.7 Å². The van der Waals surface area contributed by atoms with Gasteiger partial charge in [-0.25, -0.2) is 0 Å². The van der Waals surface area contributed by atoms with Gasteiger partial charge in [0, 0.05) is 0 Å². The number of hydrogen-bond donors (Lipinski definition) is 7. The molecule has 0 aliphatic rings. The van der Waals surface area contributed by atoms with Crippen LogP contribution in [0.15, 0.2) is 30.3 Å². The molecule has 3 amide bonds. The van der Waals surface area contributed by atoms with Crippen molar-refractivity contribution in [2.75, 3.05) is 6.61 Å². The summed E-state index contributed by atoms with van der Waals surface area (Å²) in [6.45, 7) is 0.313. The lowest BCUT2D eigenvalue weighted by molar-refractivity contribution is -0.143. The Morgan fingerprint density at radius 3 is 1.97 bits per heavy atom. The predicted octanol–water partition coefficient (Wildman–Crippen LogP) is -2.42. The SMILES string of the molecule is CC(NC(=O)C(CC(=O)O)NC(=O)C(CO)NC(=O)C(N)Cc1ccccc1)C(=O)O. The van der Waals surface area contributed by atoms with Crippen LogP contribution in [-0.2, 0) is 30.4 Å². The van der Waals surface area contributed by atoms with Crippen LogP contribution >= 0.6 is 0 Å². The first kappa shape index (κ1) is 25.5. The molecular formula is C19H26N4O8. The van der Waals surface area contributed by atoms with Crippen LogP contribution in [0.3, 0.4) is 0 Å². The summed E-state index contributed by atoms with van der Waals surface area (Å²) in [7, 11) is 0. The van der Waals surface area contributed by atoms with Crippen molar-refractivity contribution in [3.8, 4) is 0 Å². The van der Waals surface area contributed by atoms with E-state index in [4.69, 9.17) is 15.9 Å². The van der Waals surface area contributed by atoms with Gasteiger partial charge in [0.25, 0.3) is 0 Å². The first-order chi connectivity index (χ1) is 14.5. The van der Waals surface area contributed by atoms with E-state index in [2.05, 4.69) is 10.6 Å². The van der Waals surface area contributed by atoms with Crippen LogP contribution in [0.2, 0.25) is 0 Å². The van der Waals surface area contributed by atoms with E-state index >= 15 is 0 Å². The fourth-order valence-corrected chi connectivity index (χ4v) is 2.47. The second kappa shape index (κ2) is 12.2. The minimum absolute atomic E-state index is 0.170. The van der Waals surface area contributed by atoms with Crippen molar-refractivity contribution >= 4 is 29.7 Å². The van der Waals surface area contributed by atoms with Crippen LogP contribution < -0.4 is 21.7 Å². The molecule has 1 aromatic rings. The number of nitrogens with one attached hydrogen (secondary N) is 3. The molecule has 0 saturated carbocycles. The average Bonchev–Trinajstić information content (AvgIpc) is 2.71. The van der Waals surface area contributed by atoms with E-state index in [-0.39, 0.29) is 6.42 Å². The summed E-state index contributed by atoms with van der Waals surface area (Å²) >= 11 is 0. The summed E-state index contributed by atoms with van der Waals surface area (Å²) in [5.74, 6) is -5.61. The molecule has 0 heterocycles. The highest BCUT2D eigenvalue weighted by molar-refractivity contribution is 5.95. The number of aliphatic hydroxyl groups is 1. The van der Waals surface area contributed by atoms with E-state index in [9.17, 15) is 29.1 Å². The standard InChI is InChI=1S/C19H26N4O8/c1-10(19(30)31)21-17(28)13(8-15(25)26)22-18(29)14(9-24)23-16(27)12(20)7-11-5-3-2-4-6-11/h2-6,10,12-14,24H,7-9,20H2,1H3,(H,21,28)(H,22,29)(H,23,27)(H,25,26)(H,30,31). The fraction of sp³-hybridized carbons (Fsp3) is 0.421. The summed E-state index contributed by atoms with van der Waals surface area (Å²) in [5.41, 5.74) is 6.61. The number of carboxylic acids is 2. The molecule has 12 heteroatoms. The predicted molar refractivity (Wildman–Crippen MR) is 107 cm³/mol. The van der Waals surface area contributed by atoms with Gasteiger partial charge < -0.3 is 37.0 Å². The van der Waals surface area contributed by atoms with E-state index in [1.54, 1.807) is 30.3 Å². The highest BCUT2D eigenvalue weighted by atomic mass is 16.4. The lowest BCUT2D eigenvalue weighted by Gasteiger charge is -2.23. The normalized spacial score (nSPS) is 14.4. The van der Waals surface area contributed by atoms with Crippen molar-refractivity contribution in [3.05, 3.63) is 35.9 Å². The molecule has 1 rings (SSSR count). The first-order valence-corrected chi connectivity index (χ1v) is 9.31. The molecule has 12 nitrogen and oxygen atoms in total. The molecule has 0 bridgehead atoms. The van der Waals surface area contributed by atoms with Crippen LogP contribution in [0, 0.1) is 0 Å². The van der Waals surface area contributed by atoms with Gasteiger partial charge in [0.05, 0.1) is 19.1 Å². The Bertz CT molecular complexity index is 801. The van der Waals surface area contributed by atoms with Crippen LogP contribution in [-0.4, -0.2) is 75.8 Å². The van der Waals surface area contributed by atoms with Crippen LogP contribution in [0.4, 0.5) is 0 Å². The van der Waals surface area contributed by atoms with E-state index in [0.29, 0.717) is 0 Å². The van der Waals surface area contributed by atoms with Gasteiger partial charge in [-0.1, -0.05) is 30.3 Å². The maximum absolute atomic E-state index is 12.4. The number of nitrogens with two attached hydrogens (primary N) is 1. The second-order valence-corrected chi connectivity index (χ2v) is 6.77. The van der Waals surface area contributed by atoms with Gasteiger partial charge in [0.1, 0.15) is 18.1 Å². The first-order valence-electron chi connectivity index (χ1n) is 9.31. The van der Waals surface area contributed by atoms with E-state index in [0.717, 1.165) is 12.5 Å². The summed E-state index contributed by atoms with van der Waals surface area (Å²) in [6.07, 6.45) is -0.674. The lowest BCUT2D eigenvalue weighted by Crippen LogP contribution is -2.58. The largest absolute Gasteiger partial charge is 0.481 e. The third-order valence-electron chi connectivity index (χ3n) is 4.19. The molecule has 0 aromatic heterocycles. The summed E-state index contributed by atoms with van der Waals surface area (Å²) in [5, 5.41) is 33.7. The number of rotatable bonds is 12. The number of carboxylic acid groups (broad SMARTS) is 2. The number of benzene rings is 1. The van der Waals surface area contributed by atoms with Crippen molar-refractivity contribution in [2.24, 2.45) is 5.73 Å². The quantitative estimate of drug-likeness (QED) is 0.185. The zero-order valence-electron chi connectivity index (χ0n) is 16.8. The Balaban J connectivity index is 2.77. The minimum Gasteiger partial charge on any atom is -0.481 e. The van der Waals surface area contributed by atoms with Gasteiger partial charge in [-0.2, -0.15) is 0 Å². The fourth-order valence-electron chi connectivity index (χ4n) is 2.47. The smallest absolute Gasteiger partial charge is 0.325 e. The zero-order chi connectivity index (χ0) is 23.6. The lowest BCUT2D eigenvalue weighted by atomic mass is 10.1. The molecule has 0 spiro atoms. The summed E-state index contributed by atoms with van der Waals surface area (Å²) < 4.78 is 0. The van der Waals surface area contributed by atoms with Crippen molar-refractivity contribution in [1.82, 2.24) is 16.0 Å². The maximum atomic E-state index is 12.4. The highest BCUT2D eigenvalue weighted by Crippen LogP contribution is 2.03. The number of carbonyl (C=O) groups is 5. The van der Waals surface area contributed by atoms with E-state index < -0.39 is 66.9 Å². The molecule has 170 valence electrons. The summed E-state index contributed by atoms with van der Waals surface area (Å²) in [4.78, 5) is 58.7. The Hall–Kier alpha value is -3.51. The van der Waals surface area contributed by atoms with E-state index in [1.807, 2.05) is 5.32 Å². The van der Waals surface area contributed by atoms with Crippen LogP contribution in [0.5, 0.6) is 0 Å². The number of amides is 3. The monoisotopic (exact) mass is 438 g/mol. The number of hydrogen-bond acceptors (Lipinski definition) is 7. The number of aliphatic hydroxyl groups excluding tert-OH is 1. The average molecular weight is 438 g/mol. The Morgan fingerprint density at radius 1 is 0.903 bits per heavy atom. The van der Waals surface area contributed by atoms with Crippen LogP contribution in [0.25, 0.3) is 0 Å². The van der Waals surface area contributed by atoms with Crippen LogP contribution in [0.1, 0.15) is 18.9 Å².